The SMILES string of the molecule is C/C=C\C(C)N(c1ccccc1)C(/N=C/CC)c1cccc(C)n1.CC. The van der Waals surface area contributed by atoms with E-state index >= 15 is 0 Å². The van der Waals surface area contributed by atoms with Crippen molar-refractivity contribution in [3.8, 4) is 0 Å². The molecule has 140 valence electrons. The number of aryl methyl sites for hydroxylation is 1. The number of rotatable bonds is 7. The quantitative estimate of drug-likeness (QED) is 0.428. The Morgan fingerprint density at radius 3 is 2.35 bits per heavy atom. The normalized spacial score (nSPS) is 13.3. The number of aromatic nitrogens is 1. The first kappa shape index (κ1) is 21.6. The van der Waals surface area contributed by atoms with Crippen molar-refractivity contribution in [3.05, 3.63) is 72.1 Å². The van der Waals surface area contributed by atoms with E-state index in [4.69, 9.17) is 9.98 Å². The van der Waals surface area contributed by atoms with Crippen LogP contribution >= 0.6 is 0 Å². The Hall–Kier alpha value is -2.42. The van der Waals surface area contributed by atoms with Crippen LogP contribution in [-0.2, 0) is 0 Å². The number of hydrogen-bond donors (Lipinski definition) is 0. The number of allylic oxidation sites excluding steroid dienone is 1. The van der Waals surface area contributed by atoms with Crippen molar-refractivity contribution in [3.63, 3.8) is 0 Å². The van der Waals surface area contributed by atoms with Gasteiger partial charge in [-0.15, -0.1) is 0 Å². The maximum absolute atomic E-state index is 4.84. The zero-order valence-electron chi connectivity index (χ0n) is 17.1. The van der Waals surface area contributed by atoms with E-state index in [1.165, 1.54) is 0 Å². The van der Waals surface area contributed by atoms with Gasteiger partial charge in [-0.2, -0.15) is 0 Å². The molecule has 3 nitrogen and oxygen atoms in total. The van der Waals surface area contributed by atoms with Crippen molar-refractivity contribution < 1.29 is 0 Å². The number of anilines is 1. The van der Waals surface area contributed by atoms with Crippen molar-refractivity contribution in [1.82, 2.24) is 4.98 Å². The van der Waals surface area contributed by atoms with Gasteiger partial charge in [0.1, 0.15) is 0 Å². The zero-order chi connectivity index (χ0) is 19.4. The predicted molar refractivity (Wildman–Crippen MR) is 115 cm³/mol. The first-order valence-electron chi connectivity index (χ1n) is 9.58. The third-order valence-corrected chi connectivity index (χ3v) is 3.83. The minimum atomic E-state index is -0.140. The van der Waals surface area contributed by atoms with Crippen LogP contribution in [-0.4, -0.2) is 17.2 Å². The minimum absolute atomic E-state index is 0.140. The van der Waals surface area contributed by atoms with Gasteiger partial charge < -0.3 is 4.90 Å². The molecule has 2 aromatic rings. The van der Waals surface area contributed by atoms with Crippen LogP contribution in [0, 0.1) is 6.92 Å². The number of hydrogen-bond acceptors (Lipinski definition) is 3. The molecule has 0 N–H and O–H groups in total. The summed E-state index contributed by atoms with van der Waals surface area (Å²) in [6, 6.07) is 16.8. The lowest BCUT2D eigenvalue weighted by molar-refractivity contribution is 0.596. The summed E-state index contributed by atoms with van der Waals surface area (Å²) >= 11 is 0. The second kappa shape index (κ2) is 12.0. The maximum atomic E-state index is 4.84. The fraction of sp³-hybridized carbons (Fsp3) is 0.391. The lowest BCUT2D eigenvalue weighted by Gasteiger charge is -2.35. The number of aliphatic imine (C=N–C) groups is 1. The van der Waals surface area contributed by atoms with E-state index < -0.39 is 0 Å². The monoisotopic (exact) mass is 351 g/mol. The largest absolute Gasteiger partial charge is 0.338 e. The van der Waals surface area contributed by atoms with Crippen LogP contribution in [0.4, 0.5) is 5.69 Å². The number of nitrogens with zero attached hydrogens (tertiary/aromatic N) is 3. The molecule has 0 amide bonds. The number of pyridine rings is 1. The molecule has 1 heterocycles. The van der Waals surface area contributed by atoms with Gasteiger partial charge >= 0.3 is 0 Å². The molecule has 26 heavy (non-hydrogen) atoms. The third-order valence-electron chi connectivity index (χ3n) is 3.83. The molecule has 0 aliphatic carbocycles. The van der Waals surface area contributed by atoms with Gasteiger partial charge in [-0.05, 0) is 51.5 Å². The van der Waals surface area contributed by atoms with Crippen LogP contribution in [0.3, 0.4) is 0 Å². The molecule has 3 heteroatoms. The molecule has 0 bridgehead atoms. The van der Waals surface area contributed by atoms with Crippen LogP contribution in [0.15, 0.2) is 65.7 Å². The molecule has 2 rings (SSSR count). The van der Waals surface area contributed by atoms with Crippen LogP contribution < -0.4 is 4.90 Å². The van der Waals surface area contributed by atoms with Crippen molar-refractivity contribution in [2.75, 3.05) is 4.90 Å². The first-order valence-corrected chi connectivity index (χ1v) is 9.58. The molecule has 0 radical (unpaired) electrons. The standard InChI is InChI=1S/C21H27N3.C2H6/c1-5-11-18(4)24(19-13-8-7-9-14-19)21(22-16-6-2)20-15-10-12-17(3)23-20;1-2/h5,7-16,18,21H,6H2,1-4H3;1-2H3/b11-5-,22-16+;. The predicted octanol–water partition coefficient (Wildman–Crippen LogP) is 6.37. The minimum Gasteiger partial charge on any atom is -0.338 e. The van der Waals surface area contributed by atoms with Crippen LogP contribution in [0.1, 0.15) is 58.6 Å². The van der Waals surface area contributed by atoms with Gasteiger partial charge in [0.25, 0.3) is 0 Å². The Morgan fingerprint density at radius 1 is 1.08 bits per heavy atom. The molecule has 1 aromatic carbocycles. The van der Waals surface area contributed by atoms with Crippen LogP contribution in [0.25, 0.3) is 0 Å². The molecular formula is C23H33N3. The lowest BCUT2D eigenvalue weighted by Crippen LogP contribution is -2.35. The van der Waals surface area contributed by atoms with Crippen molar-refractivity contribution in [1.29, 1.82) is 0 Å². The van der Waals surface area contributed by atoms with Crippen molar-refractivity contribution in [2.24, 2.45) is 4.99 Å². The summed E-state index contributed by atoms with van der Waals surface area (Å²) in [5.41, 5.74) is 3.13. The average Bonchev–Trinajstić information content (AvgIpc) is 2.67. The van der Waals surface area contributed by atoms with E-state index in [1.807, 2.05) is 39.1 Å². The summed E-state index contributed by atoms with van der Waals surface area (Å²) in [5, 5.41) is 0. The zero-order valence-corrected chi connectivity index (χ0v) is 17.1. The van der Waals surface area contributed by atoms with Gasteiger partial charge in [-0.3, -0.25) is 9.98 Å². The fourth-order valence-corrected chi connectivity index (χ4v) is 2.77. The molecule has 0 fully saturated rings. The summed E-state index contributed by atoms with van der Waals surface area (Å²) < 4.78 is 0. The highest BCUT2D eigenvalue weighted by Crippen LogP contribution is 2.30. The maximum Gasteiger partial charge on any atom is 0.164 e. The highest BCUT2D eigenvalue weighted by atomic mass is 15.3. The molecule has 0 spiro atoms. The molecule has 2 unspecified atom stereocenters. The molecule has 0 aliphatic heterocycles. The number of benzene rings is 1. The smallest absolute Gasteiger partial charge is 0.164 e. The van der Waals surface area contributed by atoms with E-state index in [2.05, 4.69) is 74.2 Å². The summed E-state index contributed by atoms with van der Waals surface area (Å²) in [6.07, 6.45) is 7.02. The Bertz CT molecular complexity index is 677. The van der Waals surface area contributed by atoms with Gasteiger partial charge in [0.2, 0.25) is 0 Å². The Balaban J connectivity index is 0.00000163. The van der Waals surface area contributed by atoms with E-state index in [0.717, 1.165) is 23.5 Å². The van der Waals surface area contributed by atoms with Gasteiger partial charge in [-0.25, -0.2) is 0 Å². The van der Waals surface area contributed by atoms with E-state index in [1.54, 1.807) is 0 Å². The third kappa shape index (κ3) is 6.14. The van der Waals surface area contributed by atoms with Gasteiger partial charge in [0.05, 0.1) is 5.69 Å². The first-order chi connectivity index (χ1) is 12.7. The van der Waals surface area contributed by atoms with E-state index in [-0.39, 0.29) is 12.2 Å². The highest BCUT2D eigenvalue weighted by Gasteiger charge is 2.24. The summed E-state index contributed by atoms with van der Waals surface area (Å²) in [4.78, 5) is 11.9. The topological polar surface area (TPSA) is 28.5 Å². The molecule has 2 atom stereocenters. The molecular weight excluding hydrogens is 318 g/mol. The fourth-order valence-electron chi connectivity index (χ4n) is 2.77. The van der Waals surface area contributed by atoms with Gasteiger partial charge in [0, 0.05) is 23.6 Å². The summed E-state index contributed by atoms with van der Waals surface area (Å²) in [5.74, 6) is 0. The van der Waals surface area contributed by atoms with Gasteiger partial charge in [-0.1, -0.05) is 57.2 Å². The van der Waals surface area contributed by atoms with Crippen molar-refractivity contribution >= 4 is 11.9 Å². The Labute approximate surface area is 159 Å². The summed E-state index contributed by atoms with van der Waals surface area (Å²) in [7, 11) is 0. The molecule has 0 saturated heterocycles. The highest BCUT2D eigenvalue weighted by molar-refractivity contribution is 5.59. The van der Waals surface area contributed by atoms with E-state index in [0.29, 0.717) is 0 Å². The molecule has 0 saturated carbocycles. The van der Waals surface area contributed by atoms with Crippen molar-refractivity contribution in [2.45, 2.75) is 60.2 Å². The Morgan fingerprint density at radius 2 is 1.77 bits per heavy atom. The number of para-hydroxylation sites is 1. The average molecular weight is 352 g/mol. The lowest BCUT2D eigenvalue weighted by atomic mass is 10.1. The molecule has 0 aliphatic rings. The second-order valence-electron chi connectivity index (χ2n) is 5.83. The second-order valence-corrected chi connectivity index (χ2v) is 5.83. The van der Waals surface area contributed by atoms with Gasteiger partial charge in [0.15, 0.2) is 6.17 Å². The molecule has 1 aromatic heterocycles. The summed E-state index contributed by atoms with van der Waals surface area (Å²) in [6.45, 7) is 12.4. The van der Waals surface area contributed by atoms with Crippen LogP contribution in [0.2, 0.25) is 0 Å². The van der Waals surface area contributed by atoms with Crippen LogP contribution in [0.5, 0.6) is 0 Å². The Kier molecular flexibility index (Phi) is 9.99. The van der Waals surface area contributed by atoms with E-state index in [9.17, 15) is 0 Å².